The van der Waals surface area contributed by atoms with Gasteiger partial charge in [0.2, 0.25) is 76.8 Å². The van der Waals surface area contributed by atoms with E-state index in [2.05, 4.69) is 91.4 Å². The Balaban J connectivity index is 1.38. The maximum Gasteiger partial charge on any atom is 0.305 e. The number of rotatable bonds is 46. The molecular formula is C71H99N16O20S2. The van der Waals surface area contributed by atoms with Crippen molar-refractivity contribution in [2.24, 2.45) is 11.8 Å². The summed E-state index contributed by atoms with van der Waals surface area (Å²) in [5, 5.41) is 70.3. The number of H-pyrrole nitrogens is 2. The molecule has 1 radical (unpaired) electrons. The van der Waals surface area contributed by atoms with E-state index in [1.807, 2.05) is 20.1 Å². The summed E-state index contributed by atoms with van der Waals surface area (Å²) >= 11 is 5.94. The van der Waals surface area contributed by atoms with Gasteiger partial charge in [-0.3, -0.25) is 76.7 Å². The van der Waals surface area contributed by atoms with Crippen molar-refractivity contribution >= 4 is 130 Å². The van der Waals surface area contributed by atoms with Gasteiger partial charge in [-0.15, -0.1) is 0 Å². The minimum Gasteiger partial charge on any atom is -0.481 e. The lowest BCUT2D eigenvalue weighted by molar-refractivity contribution is -0.144. The molecule has 2 aromatic heterocycles. The van der Waals surface area contributed by atoms with E-state index in [0.717, 1.165) is 5.75 Å². The monoisotopic (exact) mass is 1560 g/mol. The molecule has 38 heteroatoms. The fourth-order valence-corrected chi connectivity index (χ4v) is 12.4. The molecule has 36 nitrogen and oxygen atoms in total. The molecule has 1 saturated heterocycles. The number of aliphatic carboxylic acids is 3. The molecule has 0 saturated carbocycles. The normalized spacial score (nSPS) is 15.6. The number of nitrogens with zero attached hydrogens (tertiary/aromatic N) is 2. The Hall–Kier alpha value is -10.6. The number of carbonyl (C=O) groups is 16. The van der Waals surface area contributed by atoms with Gasteiger partial charge in [0.25, 0.3) is 0 Å². The first-order valence-electron chi connectivity index (χ1n) is 35.4. The summed E-state index contributed by atoms with van der Waals surface area (Å²) in [6.07, 6.45) is 2.62. The smallest absolute Gasteiger partial charge is 0.305 e. The summed E-state index contributed by atoms with van der Waals surface area (Å²) in [5.74, 6) is -17.7. The molecule has 1 aliphatic heterocycles. The van der Waals surface area contributed by atoms with E-state index >= 15 is 4.79 Å². The minimum atomic E-state index is -2.15. The van der Waals surface area contributed by atoms with Gasteiger partial charge in [0, 0.05) is 80.4 Å². The van der Waals surface area contributed by atoms with Crippen LogP contribution >= 0.6 is 24.4 Å². The van der Waals surface area contributed by atoms with Crippen LogP contribution in [0.25, 0.3) is 10.9 Å². The number of aliphatic hydroxyl groups excluding tert-OH is 1. The second kappa shape index (κ2) is 44.6. The second-order valence-corrected chi connectivity index (χ2v) is 28.4. The molecule has 0 bridgehead atoms. The minimum absolute atomic E-state index is 0.0554. The largest absolute Gasteiger partial charge is 0.481 e. The van der Waals surface area contributed by atoms with Gasteiger partial charge in [0.15, 0.2) is 0 Å². The molecule has 3 heterocycles. The standard InChI is InChI=1S/C71H99N16O20S2/c1-37(2)25-47(79-66(102)51(30-58(92)93)83-67(103)52(31-59(94)95)84-68(104)54(34-88)85-70(106)56-19-13-23-87(56)71(107)53(26-38(3)4)77-40(6)89)63(99)78-46(20-21-57(90)91)61(97)80-48(27-41-15-9-8-10-16-41)64(100)81-49(28-42-32-74-45-18-12-11-17-44(42)45)65(101)86-55(35-108)69(105)82-50(29-43-33-72-36-75-43)62(98)76-39(5)60(96)73-22-14-24-109-7/h8-12,15-18,22,32-33,36-39,46-56,74,88,108H,13-14,19-21,23-31,34-35H2,1-7H3,(H,72,75)(H,73,96)(H,76,98)(H,77,89)(H,78,99)(H,79,102)(H,80,97)(H,81,100)(H,82,105)(H,83,103)(H,84,104)(H,85,106)(H,86,101)(H,90,91)(H,92,93)(H,94,95)/t39-,46-,47-,48-,49-,50-,51-,52-,53-,54-,55-,56-/m0/s1. The van der Waals surface area contributed by atoms with Crippen molar-refractivity contribution in [3.05, 3.63) is 96.7 Å². The summed E-state index contributed by atoms with van der Waals surface area (Å²) in [4.78, 5) is 229. The zero-order chi connectivity index (χ0) is 80.6. The highest BCUT2D eigenvalue weighted by Gasteiger charge is 2.41. The van der Waals surface area contributed by atoms with E-state index in [-0.39, 0.29) is 56.7 Å². The summed E-state index contributed by atoms with van der Waals surface area (Å²) in [5.41, 5.74) is 2.02. The van der Waals surface area contributed by atoms with Gasteiger partial charge in [0.1, 0.15) is 72.5 Å². The van der Waals surface area contributed by atoms with Crippen LogP contribution in [0.2, 0.25) is 0 Å². The third-order valence-corrected chi connectivity index (χ3v) is 18.2. The van der Waals surface area contributed by atoms with E-state index in [1.165, 1.54) is 31.3 Å². The number of likely N-dealkylation sites (tertiary alicyclic amines) is 1. The molecule has 5 rings (SSSR count). The van der Waals surface area contributed by atoms with Crippen LogP contribution in [0.1, 0.15) is 116 Å². The van der Waals surface area contributed by atoms with Crippen LogP contribution < -0.4 is 63.8 Å². The van der Waals surface area contributed by atoms with E-state index in [0.29, 0.717) is 40.6 Å². The number of aliphatic hydroxyl groups is 1. The van der Waals surface area contributed by atoms with Crippen molar-refractivity contribution in [3.8, 4) is 0 Å². The lowest BCUT2D eigenvalue weighted by atomic mass is 10.00. The highest BCUT2D eigenvalue weighted by molar-refractivity contribution is 7.98. The molecular weight excluding hydrogens is 1460 g/mol. The molecule has 18 N–H and O–H groups in total. The fourth-order valence-electron chi connectivity index (χ4n) is 11.8. The molecule has 0 unspecified atom stereocenters. The average molecular weight is 1560 g/mol. The van der Waals surface area contributed by atoms with Crippen LogP contribution in [-0.2, 0) is 96.0 Å². The van der Waals surface area contributed by atoms with Crippen molar-refractivity contribution in [3.63, 3.8) is 0 Å². The molecule has 13 amide bonds. The number of thioether (sulfide) groups is 1. The maximum atomic E-state index is 15.0. The molecule has 1 aliphatic rings. The van der Waals surface area contributed by atoms with Crippen molar-refractivity contribution in [2.45, 2.75) is 191 Å². The van der Waals surface area contributed by atoms with Crippen molar-refractivity contribution in [1.82, 2.24) is 83.7 Å². The molecule has 12 atom stereocenters. The van der Waals surface area contributed by atoms with E-state index in [9.17, 15) is 92.3 Å². The zero-order valence-corrected chi connectivity index (χ0v) is 63.2. The van der Waals surface area contributed by atoms with Gasteiger partial charge < -0.3 is 99.1 Å². The number of aromatic nitrogens is 3. The third-order valence-electron chi connectivity index (χ3n) is 17.2. The fraction of sp³-hybridized carbons (Fsp3) is 0.521. The number of carboxylic acids is 3. The first-order chi connectivity index (χ1) is 51.7. The van der Waals surface area contributed by atoms with E-state index in [4.69, 9.17) is 0 Å². The number of amides is 13. The Morgan fingerprint density at radius 2 is 1.07 bits per heavy atom. The number of para-hydroxylation sites is 1. The van der Waals surface area contributed by atoms with Crippen molar-refractivity contribution < 1.29 is 97.1 Å². The molecule has 0 spiro atoms. The van der Waals surface area contributed by atoms with Crippen LogP contribution in [0.4, 0.5) is 0 Å². The van der Waals surface area contributed by atoms with Gasteiger partial charge in [-0.2, -0.15) is 24.4 Å². The predicted molar refractivity (Wildman–Crippen MR) is 398 cm³/mol. The maximum absolute atomic E-state index is 15.0. The molecule has 2 aromatic carbocycles. The topological polar surface area (TPSA) is 546 Å². The van der Waals surface area contributed by atoms with Crippen molar-refractivity contribution in [2.75, 3.05) is 30.9 Å². The predicted octanol–water partition coefficient (Wildman–Crippen LogP) is -1.86. The van der Waals surface area contributed by atoms with Gasteiger partial charge >= 0.3 is 17.9 Å². The van der Waals surface area contributed by atoms with Gasteiger partial charge in [0.05, 0.1) is 25.8 Å². The summed E-state index contributed by atoms with van der Waals surface area (Å²) < 4.78 is 0. The number of carboxylic acid groups (broad SMARTS) is 3. The average Bonchev–Trinajstić information content (AvgIpc) is 1.74. The van der Waals surface area contributed by atoms with E-state index in [1.54, 1.807) is 92.9 Å². The molecule has 109 heavy (non-hydrogen) atoms. The van der Waals surface area contributed by atoms with Gasteiger partial charge in [-0.1, -0.05) is 76.2 Å². The van der Waals surface area contributed by atoms with Crippen LogP contribution in [0.3, 0.4) is 0 Å². The summed E-state index contributed by atoms with van der Waals surface area (Å²) in [6.45, 7) is 10.0. The Morgan fingerprint density at radius 3 is 1.63 bits per heavy atom. The number of hydrogen-bond donors (Lipinski definition) is 19. The SMILES string of the molecule is CSCC[CH]NC(=O)[C@H](C)NC(=O)[C@H](Cc1cnc[nH]1)NC(=O)[C@H](CS)NC(=O)[C@H](Cc1c[nH]c2ccccc12)NC(=O)[C@H](Cc1ccccc1)NC(=O)[C@H](CCC(=O)O)NC(=O)[C@H](CC(C)C)NC(=O)[C@H](CC(=O)O)NC(=O)[C@H](CC(=O)O)NC(=O)[C@H](CO)NC(=O)[C@@H]1CCCN1C(=O)[C@H](CC(C)C)NC(C)=O. The first-order valence-corrected chi connectivity index (χ1v) is 37.4. The highest BCUT2D eigenvalue weighted by atomic mass is 32.2. The first kappa shape index (κ1) is 89.0. The number of benzene rings is 2. The van der Waals surface area contributed by atoms with Crippen LogP contribution in [0.15, 0.2) is 73.3 Å². The zero-order valence-electron chi connectivity index (χ0n) is 61.5. The van der Waals surface area contributed by atoms with Crippen LogP contribution in [0, 0.1) is 18.4 Å². The van der Waals surface area contributed by atoms with Gasteiger partial charge in [-0.25, -0.2) is 4.98 Å². The second-order valence-electron chi connectivity index (χ2n) is 27.0. The quantitative estimate of drug-likeness (QED) is 0.0170. The molecule has 4 aromatic rings. The van der Waals surface area contributed by atoms with Gasteiger partial charge in [-0.05, 0) is 86.5 Å². The Labute approximate surface area is 638 Å². The molecule has 0 aliphatic carbocycles. The number of nitrogens with one attached hydrogen (secondary N) is 14. The summed E-state index contributed by atoms with van der Waals surface area (Å²) in [7, 11) is 0. The number of carbonyl (C=O) groups excluding carboxylic acids is 13. The lowest BCUT2D eigenvalue weighted by Crippen LogP contribution is -2.61. The van der Waals surface area contributed by atoms with Crippen LogP contribution in [-0.4, -0.2) is 238 Å². The molecule has 1 fully saturated rings. The van der Waals surface area contributed by atoms with Crippen molar-refractivity contribution in [1.29, 1.82) is 0 Å². The Bertz CT molecular complexity index is 3830. The highest BCUT2D eigenvalue weighted by Crippen LogP contribution is 2.23. The summed E-state index contributed by atoms with van der Waals surface area (Å²) in [6, 6.07) is -3.91. The molecule has 595 valence electrons. The Morgan fingerprint density at radius 1 is 0.569 bits per heavy atom. The number of thiol groups is 1. The third kappa shape index (κ3) is 29.5. The number of aromatic amines is 2. The van der Waals surface area contributed by atoms with Crippen LogP contribution in [0.5, 0.6) is 0 Å². The number of hydrogen-bond acceptors (Lipinski definition) is 20. The number of fused-ring (bicyclic) bond motifs is 1. The lowest BCUT2D eigenvalue weighted by Gasteiger charge is -2.30. The Kier molecular flexibility index (Phi) is 36.4. The number of imidazole rings is 1. The van der Waals surface area contributed by atoms with E-state index < -0.39 is 205 Å².